The Labute approximate surface area is 151 Å². The number of morpholine rings is 1. The third-order valence-corrected chi connectivity index (χ3v) is 5.36. The van der Waals surface area contributed by atoms with E-state index in [4.69, 9.17) is 9.15 Å². The first-order valence-corrected chi connectivity index (χ1v) is 9.62. The second kappa shape index (κ2) is 8.05. The fourth-order valence-corrected chi connectivity index (χ4v) is 3.81. The van der Waals surface area contributed by atoms with Crippen LogP contribution in [0.3, 0.4) is 0 Å². The van der Waals surface area contributed by atoms with Crippen molar-refractivity contribution in [3.63, 3.8) is 0 Å². The fourth-order valence-electron chi connectivity index (χ4n) is 2.91. The van der Waals surface area contributed by atoms with Crippen molar-refractivity contribution in [3.05, 3.63) is 18.1 Å². The summed E-state index contributed by atoms with van der Waals surface area (Å²) in [5.41, 5.74) is 0.937. The lowest BCUT2D eigenvalue weighted by Crippen LogP contribution is -2.46. The third kappa shape index (κ3) is 3.90. The van der Waals surface area contributed by atoms with Gasteiger partial charge in [0.1, 0.15) is 5.76 Å². The molecular weight excluding hydrogens is 340 g/mol. The first-order valence-electron chi connectivity index (χ1n) is 8.63. The van der Waals surface area contributed by atoms with E-state index in [0.717, 1.165) is 35.3 Å². The summed E-state index contributed by atoms with van der Waals surface area (Å²) in [7, 11) is 0. The number of aryl methyl sites for hydroxylation is 1. The summed E-state index contributed by atoms with van der Waals surface area (Å²) in [6.45, 7) is 8.72. The van der Waals surface area contributed by atoms with Gasteiger partial charge in [-0.2, -0.15) is 0 Å². The topological polar surface area (TPSA) is 73.4 Å². The summed E-state index contributed by atoms with van der Waals surface area (Å²) >= 11 is 1.43. The van der Waals surface area contributed by atoms with Crippen molar-refractivity contribution in [2.45, 2.75) is 45.0 Å². The van der Waals surface area contributed by atoms with E-state index in [-0.39, 0.29) is 12.0 Å². The summed E-state index contributed by atoms with van der Waals surface area (Å²) in [5.74, 6) is 2.08. The molecule has 2 aromatic rings. The molecule has 3 rings (SSSR count). The van der Waals surface area contributed by atoms with Gasteiger partial charge in [-0.1, -0.05) is 18.7 Å². The van der Waals surface area contributed by atoms with Gasteiger partial charge in [-0.05, 0) is 26.3 Å². The third-order valence-electron chi connectivity index (χ3n) is 4.40. The van der Waals surface area contributed by atoms with Crippen LogP contribution in [0.5, 0.6) is 0 Å². The van der Waals surface area contributed by atoms with Gasteiger partial charge in [0.25, 0.3) is 0 Å². The Morgan fingerprint density at radius 1 is 1.40 bits per heavy atom. The van der Waals surface area contributed by atoms with E-state index in [2.05, 4.69) is 17.1 Å². The minimum Gasteiger partial charge on any atom is -0.469 e. The van der Waals surface area contributed by atoms with Gasteiger partial charge in [-0.15, -0.1) is 10.2 Å². The highest BCUT2D eigenvalue weighted by atomic mass is 32.2. The normalized spacial score (nSPS) is 17.9. The quantitative estimate of drug-likeness (QED) is 0.734. The SMILES string of the molecule is CCC1CN(C(=O)CSc2nnc(-c3ccoc3C)n2CC)CCO1. The molecule has 0 aromatic carbocycles. The van der Waals surface area contributed by atoms with E-state index in [1.54, 1.807) is 6.26 Å². The first kappa shape index (κ1) is 18.0. The van der Waals surface area contributed by atoms with Gasteiger partial charge in [0.15, 0.2) is 11.0 Å². The molecule has 25 heavy (non-hydrogen) atoms. The lowest BCUT2D eigenvalue weighted by Gasteiger charge is -2.32. The Hall–Kier alpha value is -1.80. The number of nitrogens with zero attached hydrogens (tertiary/aromatic N) is 4. The Morgan fingerprint density at radius 2 is 2.24 bits per heavy atom. The molecule has 8 heteroatoms. The summed E-state index contributed by atoms with van der Waals surface area (Å²) in [6.07, 6.45) is 2.73. The largest absolute Gasteiger partial charge is 0.469 e. The minimum atomic E-state index is 0.124. The molecule has 0 radical (unpaired) electrons. The Morgan fingerprint density at radius 3 is 2.92 bits per heavy atom. The van der Waals surface area contributed by atoms with E-state index in [1.807, 2.05) is 29.4 Å². The number of amides is 1. The van der Waals surface area contributed by atoms with Crippen LogP contribution in [-0.4, -0.2) is 57.1 Å². The molecule has 0 bridgehead atoms. The lowest BCUT2D eigenvalue weighted by atomic mass is 10.2. The van der Waals surface area contributed by atoms with Crippen molar-refractivity contribution in [2.75, 3.05) is 25.4 Å². The van der Waals surface area contributed by atoms with Crippen LogP contribution in [0, 0.1) is 6.92 Å². The Balaban J connectivity index is 1.66. The van der Waals surface area contributed by atoms with Crippen LogP contribution in [-0.2, 0) is 16.1 Å². The first-order chi connectivity index (χ1) is 12.1. The molecule has 3 heterocycles. The van der Waals surface area contributed by atoms with Crippen molar-refractivity contribution in [1.29, 1.82) is 0 Å². The van der Waals surface area contributed by atoms with Crippen LogP contribution in [0.25, 0.3) is 11.4 Å². The van der Waals surface area contributed by atoms with Gasteiger partial charge in [-0.25, -0.2) is 0 Å². The highest BCUT2D eigenvalue weighted by molar-refractivity contribution is 7.99. The zero-order valence-electron chi connectivity index (χ0n) is 14.9. The number of aromatic nitrogens is 3. The lowest BCUT2D eigenvalue weighted by molar-refractivity contribution is -0.135. The monoisotopic (exact) mass is 364 g/mol. The molecule has 1 amide bonds. The summed E-state index contributed by atoms with van der Waals surface area (Å²) in [5, 5.41) is 9.32. The second-order valence-electron chi connectivity index (χ2n) is 5.97. The molecule has 1 fully saturated rings. The molecule has 0 spiro atoms. The molecule has 0 aliphatic carbocycles. The highest BCUT2D eigenvalue weighted by Crippen LogP contribution is 2.27. The van der Waals surface area contributed by atoms with Gasteiger partial charge >= 0.3 is 0 Å². The van der Waals surface area contributed by atoms with Crippen LogP contribution >= 0.6 is 11.8 Å². The smallest absolute Gasteiger partial charge is 0.233 e. The van der Waals surface area contributed by atoms with Crippen LogP contribution in [0.1, 0.15) is 26.0 Å². The number of carbonyl (C=O) groups excluding carboxylic acids is 1. The summed E-state index contributed by atoms with van der Waals surface area (Å²) in [6, 6.07) is 1.89. The molecule has 2 aromatic heterocycles. The summed E-state index contributed by atoms with van der Waals surface area (Å²) < 4.78 is 13.0. The molecular formula is C17H24N4O3S. The van der Waals surface area contributed by atoms with E-state index in [0.29, 0.717) is 25.4 Å². The molecule has 136 valence electrons. The average Bonchev–Trinajstić information content (AvgIpc) is 3.24. The zero-order valence-corrected chi connectivity index (χ0v) is 15.7. The second-order valence-corrected chi connectivity index (χ2v) is 6.91. The predicted molar refractivity (Wildman–Crippen MR) is 95.5 cm³/mol. The molecule has 1 aliphatic heterocycles. The molecule has 0 saturated carbocycles. The number of thioether (sulfide) groups is 1. The average molecular weight is 364 g/mol. The maximum atomic E-state index is 12.5. The van der Waals surface area contributed by atoms with Gasteiger partial charge in [0.05, 0.1) is 30.3 Å². The zero-order chi connectivity index (χ0) is 17.8. The van der Waals surface area contributed by atoms with Crippen LogP contribution in [0.4, 0.5) is 0 Å². The van der Waals surface area contributed by atoms with E-state index >= 15 is 0 Å². The van der Waals surface area contributed by atoms with Crippen molar-refractivity contribution in [3.8, 4) is 11.4 Å². The number of furan rings is 1. The van der Waals surface area contributed by atoms with Crippen molar-refractivity contribution in [2.24, 2.45) is 0 Å². The molecule has 1 unspecified atom stereocenters. The van der Waals surface area contributed by atoms with E-state index < -0.39 is 0 Å². The summed E-state index contributed by atoms with van der Waals surface area (Å²) in [4.78, 5) is 14.4. The Bertz CT molecular complexity index is 727. The number of ether oxygens (including phenoxy) is 1. The van der Waals surface area contributed by atoms with Crippen LogP contribution < -0.4 is 0 Å². The number of hydrogen-bond acceptors (Lipinski definition) is 6. The number of carbonyl (C=O) groups is 1. The van der Waals surface area contributed by atoms with Gasteiger partial charge in [0.2, 0.25) is 5.91 Å². The van der Waals surface area contributed by atoms with Crippen molar-refractivity contribution < 1.29 is 13.9 Å². The van der Waals surface area contributed by atoms with Crippen LogP contribution in [0.2, 0.25) is 0 Å². The standard InChI is InChI=1S/C17H24N4O3S/c1-4-13-10-20(7-9-24-13)15(22)11-25-17-19-18-16(21(17)5-2)14-6-8-23-12(14)3/h6,8,13H,4-5,7,9-11H2,1-3H3. The Kier molecular flexibility index (Phi) is 5.80. The maximum absolute atomic E-state index is 12.5. The van der Waals surface area contributed by atoms with Crippen LogP contribution in [0.15, 0.2) is 21.9 Å². The molecule has 0 N–H and O–H groups in total. The van der Waals surface area contributed by atoms with Gasteiger partial charge < -0.3 is 18.6 Å². The van der Waals surface area contributed by atoms with Crippen molar-refractivity contribution >= 4 is 17.7 Å². The van der Waals surface area contributed by atoms with Gasteiger partial charge in [-0.3, -0.25) is 4.79 Å². The number of hydrogen-bond donors (Lipinski definition) is 0. The molecule has 7 nitrogen and oxygen atoms in total. The minimum absolute atomic E-state index is 0.124. The molecule has 1 atom stereocenters. The van der Waals surface area contributed by atoms with E-state index in [1.165, 1.54) is 11.8 Å². The molecule has 1 saturated heterocycles. The van der Waals surface area contributed by atoms with E-state index in [9.17, 15) is 4.79 Å². The van der Waals surface area contributed by atoms with Crippen molar-refractivity contribution in [1.82, 2.24) is 19.7 Å². The number of rotatable bonds is 6. The molecule has 1 aliphatic rings. The van der Waals surface area contributed by atoms with Gasteiger partial charge in [0, 0.05) is 19.6 Å². The highest BCUT2D eigenvalue weighted by Gasteiger charge is 2.24. The fraction of sp³-hybridized carbons (Fsp3) is 0.588. The predicted octanol–water partition coefficient (Wildman–Crippen LogP) is 2.60. The maximum Gasteiger partial charge on any atom is 0.233 e.